The van der Waals surface area contributed by atoms with Gasteiger partial charge in [0.2, 0.25) is 0 Å². The van der Waals surface area contributed by atoms with E-state index in [1.807, 2.05) is 6.92 Å². The van der Waals surface area contributed by atoms with Crippen LogP contribution in [0.2, 0.25) is 0 Å². The number of carbonyl (C=O) groups excluding carboxylic acids is 1. The molecule has 1 aliphatic rings. The third kappa shape index (κ3) is 4.07. The minimum atomic E-state index is -1.28. The molecule has 3 N–H and O–H groups in total. The van der Waals surface area contributed by atoms with Crippen LogP contribution in [0.3, 0.4) is 0 Å². The Balaban J connectivity index is 2.80. The average Bonchev–Trinajstić information content (AvgIpc) is 2.49. The van der Waals surface area contributed by atoms with Gasteiger partial charge in [0.1, 0.15) is 11.6 Å². The molecule has 7 heteroatoms. The summed E-state index contributed by atoms with van der Waals surface area (Å²) < 4.78 is 5.08. The summed E-state index contributed by atoms with van der Waals surface area (Å²) >= 11 is 0. The molecule has 0 atom stereocenters. The van der Waals surface area contributed by atoms with Gasteiger partial charge in [0.15, 0.2) is 5.71 Å². The highest BCUT2D eigenvalue weighted by molar-refractivity contribution is 6.25. The van der Waals surface area contributed by atoms with Crippen LogP contribution < -0.4 is 5.73 Å². The molecule has 0 aliphatic heterocycles. The smallest absolute Gasteiger partial charge is 0.340 e. The van der Waals surface area contributed by atoms with Gasteiger partial charge in [-0.3, -0.25) is 9.79 Å². The van der Waals surface area contributed by atoms with Crippen LogP contribution in [0, 0.1) is 16.7 Å². The fraction of sp³-hybridized carbons (Fsp3) is 0.600. The summed E-state index contributed by atoms with van der Waals surface area (Å²) in [6, 6.07) is 1.59. The number of carboxylic acid groups (broad SMARTS) is 1. The van der Waals surface area contributed by atoms with E-state index in [0.29, 0.717) is 32.3 Å². The lowest BCUT2D eigenvalue weighted by atomic mass is 9.74. The number of aliphatic carboxylic acids is 1. The molecule has 120 valence electrons. The van der Waals surface area contributed by atoms with Gasteiger partial charge >= 0.3 is 11.9 Å². The quantitative estimate of drug-likeness (QED) is 0.449. The lowest BCUT2D eigenvalue weighted by Gasteiger charge is -2.33. The number of carbonyl (C=O) groups is 2. The van der Waals surface area contributed by atoms with Crippen LogP contribution in [-0.4, -0.2) is 35.4 Å². The Morgan fingerprint density at radius 3 is 2.50 bits per heavy atom. The summed E-state index contributed by atoms with van der Waals surface area (Å²) in [7, 11) is 0. The molecule has 22 heavy (non-hydrogen) atoms. The maximum Gasteiger partial charge on any atom is 0.340 e. The Hall–Kier alpha value is -2.36. The van der Waals surface area contributed by atoms with Crippen molar-refractivity contribution in [3.63, 3.8) is 0 Å². The Morgan fingerprint density at radius 2 is 2.09 bits per heavy atom. The second-order valence-corrected chi connectivity index (χ2v) is 5.49. The lowest BCUT2D eigenvalue weighted by molar-refractivity contribution is -0.156. The minimum Gasteiger partial charge on any atom is -0.478 e. The normalized spacial score (nSPS) is 26.1. The molecule has 0 saturated heterocycles. The molecule has 1 fully saturated rings. The predicted molar refractivity (Wildman–Crippen MR) is 80.0 cm³/mol. The highest BCUT2D eigenvalue weighted by Crippen LogP contribution is 2.38. The average molecular weight is 307 g/mol. The number of ether oxygens (including phenoxy) is 1. The van der Waals surface area contributed by atoms with Gasteiger partial charge in [-0.05, 0) is 39.5 Å². The Kier molecular flexibility index (Phi) is 6.11. The van der Waals surface area contributed by atoms with Crippen molar-refractivity contribution >= 4 is 17.7 Å². The van der Waals surface area contributed by atoms with E-state index in [1.54, 1.807) is 13.0 Å². The van der Waals surface area contributed by atoms with E-state index in [0.717, 1.165) is 6.20 Å². The molecule has 0 unspecified atom stereocenters. The molecular formula is C15H21N3O4. The third-order valence-corrected chi connectivity index (χ3v) is 3.90. The Labute approximate surface area is 129 Å². The van der Waals surface area contributed by atoms with Crippen molar-refractivity contribution < 1.29 is 19.4 Å². The molecule has 1 rings (SSSR count). The minimum absolute atomic E-state index is 0.181. The van der Waals surface area contributed by atoms with Crippen LogP contribution in [0.1, 0.15) is 39.5 Å². The highest BCUT2D eigenvalue weighted by Gasteiger charge is 2.38. The maximum atomic E-state index is 11.9. The fourth-order valence-corrected chi connectivity index (χ4v) is 2.47. The number of rotatable bonds is 5. The van der Waals surface area contributed by atoms with Crippen LogP contribution in [0.5, 0.6) is 0 Å². The van der Waals surface area contributed by atoms with Crippen molar-refractivity contribution in [2.24, 2.45) is 16.1 Å². The van der Waals surface area contributed by atoms with E-state index in [9.17, 15) is 9.59 Å². The number of esters is 1. The standard InChI is InChI=1S/C15H21N3O4/c1-3-22-14(21)15(2)6-4-10(5-7-15)18-12(9-17)11(8-16)13(19)20/h8,10H,3-7,16H2,1-2H3,(H,19,20). The molecule has 0 aromatic carbocycles. The van der Waals surface area contributed by atoms with Crippen molar-refractivity contribution in [2.45, 2.75) is 45.6 Å². The van der Waals surface area contributed by atoms with E-state index in [4.69, 9.17) is 20.8 Å². The second-order valence-electron chi connectivity index (χ2n) is 5.49. The van der Waals surface area contributed by atoms with Crippen molar-refractivity contribution in [3.8, 4) is 6.07 Å². The zero-order valence-corrected chi connectivity index (χ0v) is 12.8. The number of hydrogen-bond acceptors (Lipinski definition) is 6. The van der Waals surface area contributed by atoms with Gasteiger partial charge in [-0.25, -0.2) is 4.79 Å². The first-order chi connectivity index (χ1) is 10.4. The van der Waals surface area contributed by atoms with Gasteiger partial charge in [0.05, 0.1) is 18.1 Å². The predicted octanol–water partition coefficient (Wildman–Crippen LogP) is 1.39. The number of nitrogens with zero attached hydrogens (tertiary/aromatic N) is 2. The highest BCUT2D eigenvalue weighted by atomic mass is 16.5. The summed E-state index contributed by atoms with van der Waals surface area (Å²) in [5, 5.41) is 18.0. The van der Waals surface area contributed by atoms with Crippen LogP contribution >= 0.6 is 0 Å². The second kappa shape index (κ2) is 7.59. The maximum absolute atomic E-state index is 11.9. The van der Waals surface area contributed by atoms with Crippen LogP contribution in [0.15, 0.2) is 16.8 Å². The Morgan fingerprint density at radius 1 is 1.50 bits per heavy atom. The molecule has 0 radical (unpaired) electrons. The molecule has 0 aromatic rings. The zero-order valence-electron chi connectivity index (χ0n) is 12.8. The topological polar surface area (TPSA) is 126 Å². The number of carboxylic acids is 1. The zero-order chi connectivity index (χ0) is 16.8. The van der Waals surface area contributed by atoms with E-state index in [1.165, 1.54) is 0 Å². The molecule has 0 amide bonds. The first-order valence-electron chi connectivity index (χ1n) is 7.18. The first kappa shape index (κ1) is 17.7. The third-order valence-electron chi connectivity index (χ3n) is 3.90. The summed E-state index contributed by atoms with van der Waals surface area (Å²) in [4.78, 5) is 27.1. The summed E-state index contributed by atoms with van der Waals surface area (Å²) in [6.07, 6.45) is 3.24. The molecule has 0 bridgehead atoms. The lowest BCUT2D eigenvalue weighted by Crippen LogP contribution is -2.35. The number of hydrogen-bond donors (Lipinski definition) is 2. The van der Waals surface area contributed by atoms with E-state index in [-0.39, 0.29) is 23.3 Å². The van der Waals surface area contributed by atoms with Crippen LogP contribution in [0.4, 0.5) is 0 Å². The molecule has 0 aromatic heterocycles. The summed E-state index contributed by atoms with van der Waals surface area (Å²) in [6.45, 7) is 3.97. The fourth-order valence-electron chi connectivity index (χ4n) is 2.47. The van der Waals surface area contributed by atoms with Gasteiger partial charge < -0.3 is 15.6 Å². The van der Waals surface area contributed by atoms with Gasteiger partial charge in [-0.2, -0.15) is 5.26 Å². The van der Waals surface area contributed by atoms with Gasteiger partial charge in [-0.15, -0.1) is 0 Å². The summed E-state index contributed by atoms with van der Waals surface area (Å²) in [5.74, 6) is -1.50. The van der Waals surface area contributed by atoms with Gasteiger partial charge in [0.25, 0.3) is 0 Å². The van der Waals surface area contributed by atoms with Crippen molar-refractivity contribution in [2.75, 3.05) is 6.61 Å². The number of aliphatic imine (C=N–C) groups is 1. The number of nitrogens with two attached hydrogens (primary N) is 1. The first-order valence-corrected chi connectivity index (χ1v) is 7.18. The molecule has 1 aliphatic carbocycles. The SMILES string of the molecule is CCOC(=O)C1(C)CCC(N=C(C#N)C(=CN)C(=O)O)CC1. The van der Waals surface area contributed by atoms with Crippen LogP contribution in [-0.2, 0) is 14.3 Å². The van der Waals surface area contributed by atoms with Crippen molar-refractivity contribution in [1.82, 2.24) is 0 Å². The van der Waals surface area contributed by atoms with Crippen molar-refractivity contribution in [3.05, 3.63) is 11.8 Å². The molecule has 7 nitrogen and oxygen atoms in total. The van der Waals surface area contributed by atoms with E-state index >= 15 is 0 Å². The van der Waals surface area contributed by atoms with E-state index in [2.05, 4.69) is 4.99 Å². The number of nitriles is 1. The largest absolute Gasteiger partial charge is 0.478 e. The van der Waals surface area contributed by atoms with Crippen molar-refractivity contribution in [1.29, 1.82) is 5.26 Å². The van der Waals surface area contributed by atoms with Gasteiger partial charge in [0, 0.05) is 6.20 Å². The van der Waals surface area contributed by atoms with Crippen LogP contribution in [0.25, 0.3) is 0 Å². The monoisotopic (exact) mass is 307 g/mol. The Bertz CT molecular complexity index is 537. The molecular weight excluding hydrogens is 286 g/mol. The summed E-state index contributed by atoms with van der Waals surface area (Å²) in [5.41, 5.74) is 4.22. The van der Waals surface area contributed by atoms with E-state index < -0.39 is 11.4 Å². The molecule has 1 saturated carbocycles. The molecule has 0 heterocycles. The van der Waals surface area contributed by atoms with Gasteiger partial charge in [-0.1, -0.05) is 0 Å². The molecule has 0 spiro atoms.